The van der Waals surface area contributed by atoms with E-state index >= 15 is 0 Å². The van der Waals surface area contributed by atoms with Gasteiger partial charge in [-0.05, 0) is 43.4 Å². The highest BCUT2D eigenvalue weighted by atomic mass is 31.2. The minimum Gasteiger partial charge on any atom is -0.462 e. The third kappa shape index (κ3) is 71.1. The number of aliphatic hydroxyl groups is 1. The van der Waals surface area contributed by atoms with Gasteiger partial charge in [0.15, 0.2) is 12.2 Å². The Labute approximate surface area is 600 Å². The summed E-state index contributed by atoms with van der Waals surface area (Å²) in [6.07, 6.45) is 56.7. The number of phosphoric ester groups is 2. The summed E-state index contributed by atoms with van der Waals surface area (Å²) >= 11 is 0. The fourth-order valence-corrected chi connectivity index (χ4v) is 13.7. The Bertz CT molecular complexity index is 1910. The lowest BCUT2D eigenvalue weighted by molar-refractivity contribution is -0.161. The third-order valence-corrected chi connectivity index (χ3v) is 20.6. The molecule has 0 aliphatic carbocycles. The fraction of sp³-hybridized carbons (Fsp3) is 0.949. The molecule has 6 atom stereocenters. The molecular weight excluding hydrogens is 1280 g/mol. The van der Waals surface area contributed by atoms with Gasteiger partial charge in [0, 0.05) is 25.7 Å². The first kappa shape index (κ1) is 96.1. The van der Waals surface area contributed by atoms with Crippen LogP contribution in [-0.2, 0) is 65.4 Å². The zero-order valence-electron chi connectivity index (χ0n) is 64.3. The van der Waals surface area contributed by atoms with Crippen molar-refractivity contribution in [3.63, 3.8) is 0 Å². The number of hydrogen-bond donors (Lipinski definition) is 3. The summed E-state index contributed by atoms with van der Waals surface area (Å²) in [7, 11) is -9.92. The number of esters is 4. The Morgan fingerprint density at radius 3 is 0.776 bits per heavy atom. The Balaban J connectivity index is 5.26. The summed E-state index contributed by atoms with van der Waals surface area (Å²) in [5.41, 5.74) is 0. The molecule has 3 unspecified atom stereocenters. The molecule has 0 radical (unpaired) electrons. The van der Waals surface area contributed by atoms with Gasteiger partial charge in [0.05, 0.1) is 26.4 Å². The summed E-state index contributed by atoms with van der Waals surface area (Å²) in [6, 6.07) is 0. The predicted octanol–water partition coefficient (Wildman–Crippen LogP) is 23.4. The molecule has 0 aliphatic rings. The van der Waals surface area contributed by atoms with E-state index in [-0.39, 0.29) is 25.7 Å². The lowest BCUT2D eigenvalue weighted by Gasteiger charge is -2.21. The molecule has 3 N–H and O–H groups in total. The smallest absolute Gasteiger partial charge is 0.462 e. The molecule has 0 saturated carbocycles. The number of rotatable bonds is 77. The Morgan fingerprint density at radius 2 is 0.520 bits per heavy atom. The lowest BCUT2D eigenvalue weighted by atomic mass is 9.99. The molecule has 0 heterocycles. The molecule has 582 valence electrons. The minimum absolute atomic E-state index is 0.106. The van der Waals surface area contributed by atoms with E-state index in [0.717, 1.165) is 108 Å². The molecular formula is C79H154O17P2. The van der Waals surface area contributed by atoms with E-state index in [1.165, 1.54) is 218 Å². The number of unbranched alkanes of at least 4 members (excludes halogenated alkanes) is 44. The van der Waals surface area contributed by atoms with E-state index in [4.69, 9.17) is 37.0 Å². The molecule has 0 amide bonds. The molecule has 17 nitrogen and oxygen atoms in total. The molecule has 0 aliphatic heterocycles. The monoisotopic (exact) mass is 1440 g/mol. The average Bonchev–Trinajstić information content (AvgIpc) is 1.09. The molecule has 19 heteroatoms. The summed E-state index contributed by atoms with van der Waals surface area (Å²) in [5.74, 6) is 0.268. The number of carbonyl (C=O) groups is 4. The molecule has 0 spiro atoms. The van der Waals surface area contributed by atoms with Gasteiger partial charge in [-0.3, -0.25) is 37.3 Å². The number of ether oxygens (including phenoxy) is 4. The maximum atomic E-state index is 13.1. The van der Waals surface area contributed by atoms with Gasteiger partial charge in [-0.1, -0.05) is 357 Å². The predicted molar refractivity (Wildman–Crippen MR) is 400 cm³/mol. The second-order valence-corrected chi connectivity index (χ2v) is 32.6. The number of phosphoric acid groups is 2. The Morgan fingerprint density at radius 1 is 0.296 bits per heavy atom. The summed E-state index contributed by atoms with van der Waals surface area (Å²) in [5, 5.41) is 10.6. The normalized spacial score (nSPS) is 14.3. The van der Waals surface area contributed by atoms with E-state index in [1.54, 1.807) is 0 Å². The second-order valence-electron chi connectivity index (χ2n) is 29.6. The summed E-state index contributed by atoms with van der Waals surface area (Å²) in [4.78, 5) is 73.0. The van der Waals surface area contributed by atoms with E-state index in [1.807, 2.05) is 0 Å². The van der Waals surface area contributed by atoms with E-state index in [2.05, 4.69) is 48.5 Å². The molecule has 0 aromatic heterocycles. The Hall–Kier alpha value is -1.94. The zero-order chi connectivity index (χ0) is 72.3. The van der Waals surface area contributed by atoms with Crippen LogP contribution in [-0.4, -0.2) is 96.7 Å². The van der Waals surface area contributed by atoms with Crippen LogP contribution in [0.2, 0.25) is 0 Å². The van der Waals surface area contributed by atoms with E-state index in [9.17, 15) is 43.2 Å². The van der Waals surface area contributed by atoms with Gasteiger partial charge in [-0.25, -0.2) is 9.13 Å². The van der Waals surface area contributed by atoms with Crippen molar-refractivity contribution in [2.75, 3.05) is 39.6 Å². The van der Waals surface area contributed by atoms with Gasteiger partial charge in [0.2, 0.25) is 0 Å². The minimum atomic E-state index is -4.96. The molecule has 0 fully saturated rings. The van der Waals surface area contributed by atoms with E-state index in [0.29, 0.717) is 25.7 Å². The molecule has 0 bridgehead atoms. The summed E-state index contributed by atoms with van der Waals surface area (Å²) < 4.78 is 68.7. The fourth-order valence-electron chi connectivity index (χ4n) is 12.1. The SMILES string of the molecule is CCCCCCCCCCCCCCC(=O)OC[C@H](COP(=O)(O)OC[C@H](O)COP(=O)(O)OC[C@@H](COC(=O)CCCCCCCCCCCCCCC(C)C)OC(=O)CCCCCCCCCCCCCCCCC(C)CC)OC(=O)CCCCCCCCCCCCC(C)C. The molecule has 98 heavy (non-hydrogen) atoms. The maximum absolute atomic E-state index is 13.1. The average molecular weight is 1440 g/mol. The topological polar surface area (TPSA) is 237 Å². The van der Waals surface area contributed by atoms with Gasteiger partial charge in [-0.15, -0.1) is 0 Å². The van der Waals surface area contributed by atoms with Gasteiger partial charge in [0.1, 0.15) is 19.3 Å². The van der Waals surface area contributed by atoms with Crippen LogP contribution in [0.1, 0.15) is 408 Å². The largest absolute Gasteiger partial charge is 0.472 e. The van der Waals surface area contributed by atoms with Crippen LogP contribution in [0.5, 0.6) is 0 Å². The maximum Gasteiger partial charge on any atom is 0.472 e. The van der Waals surface area contributed by atoms with Gasteiger partial charge in [0.25, 0.3) is 0 Å². The lowest BCUT2D eigenvalue weighted by Crippen LogP contribution is -2.30. The van der Waals surface area contributed by atoms with Crippen LogP contribution in [0.3, 0.4) is 0 Å². The van der Waals surface area contributed by atoms with Crippen LogP contribution in [0.25, 0.3) is 0 Å². The molecule has 0 aromatic rings. The summed E-state index contributed by atoms with van der Waals surface area (Å²) in [6.45, 7) is 12.0. The number of aliphatic hydroxyl groups excluding tert-OH is 1. The molecule has 0 aromatic carbocycles. The van der Waals surface area contributed by atoms with Crippen LogP contribution in [0.15, 0.2) is 0 Å². The van der Waals surface area contributed by atoms with Crippen molar-refractivity contribution in [3.8, 4) is 0 Å². The third-order valence-electron chi connectivity index (χ3n) is 18.7. The molecule has 0 saturated heterocycles. The van der Waals surface area contributed by atoms with Crippen molar-refractivity contribution >= 4 is 39.5 Å². The quantitative estimate of drug-likeness (QED) is 0.0222. The van der Waals surface area contributed by atoms with Crippen molar-refractivity contribution < 1.29 is 80.2 Å². The highest BCUT2D eigenvalue weighted by molar-refractivity contribution is 7.47. The molecule has 0 rings (SSSR count). The van der Waals surface area contributed by atoms with Crippen LogP contribution >= 0.6 is 15.6 Å². The van der Waals surface area contributed by atoms with Crippen molar-refractivity contribution in [1.29, 1.82) is 0 Å². The van der Waals surface area contributed by atoms with Gasteiger partial charge >= 0.3 is 39.5 Å². The van der Waals surface area contributed by atoms with Crippen molar-refractivity contribution in [2.45, 2.75) is 426 Å². The van der Waals surface area contributed by atoms with Crippen LogP contribution in [0.4, 0.5) is 0 Å². The van der Waals surface area contributed by atoms with Gasteiger partial charge < -0.3 is 33.8 Å². The first-order valence-electron chi connectivity index (χ1n) is 40.9. The van der Waals surface area contributed by atoms with Crippen molar-refractivity contribution in [3.05, 3.63) is 0 Å². The van der Waals surface area contributed by atoms with Gasteiger partial charge in [-0.2, -0.15) is 0 Å². The van der Waals surface area contributed by atoms with Crippen molar-refractivity contribution in [2.24, 2.45) is 17.8 Å². The van der Waals surface area contributed by atoms with E-state index < -0.39 is 97.5 Å². The first-order chi connectivity index (χ1) is 47.3. The highest BCUT2D eigenvalue weighted by Gasteiger charge is 2.30. The highest BCUT2D eigenvalue weighted by Crippen LogP contribution is 2.45. The number of hydrogen-bond acceptors (Lipinski definition) is 15. The second kappa shape index (κ2) is 69.4. The first-order valence-corrected chi connectivity index (χ1v) is 43.9. The Kier molecular flexibility index (Phi) is 68.1. The van der Waals surface area contributed by atoms with Crippen LogP contribution < -0.4 is 0 Å². The van der Waals surface area contributed by atoms with Crippen LogP contribution in [0, 0.1) is 17.8 Å². The zero-order valence-corrected chi connectivity index (χ0v) is 66.0. The standard InChI is InChI=1S/C79H154O17P2/c1-8-10-11-12-13-14-15-24-32-39-46-53-60-76(81)89-67-75(96-79(84)63-56-49-42-35-28-27-30-37-44-51-58-71(5)6)69-94-98(87,88)92-65-73(80)64-91-97(85,86)93-68-74(66-90-77(82)61-54-47-40-33-25-21-20-22-29-36-43-50-57-70(3)4)95-78(83)62-55-48-41-34-26-19-17-16-18-23-31-38-45-52-59-72(7)9-2/h70-75,80H,8-69H2,1-7H3,(H,85,86)(H,87,88)/t72?,73-,74-,75-/m1/s1. The number of carbonyl (C=O) groups excluding carboxylic acids is 4. The van der Waals surface area contributed by atoms with Crippen molar-refractivity contribution in [1.82, 2.24) is 0 Å².